The van der Waals surface area contributed by atoms with Crippen LogP contribution in [0, 0.1) is 6.92 Å². The quantitative estimate of drug-likeness (QED) is 0.579. The number of carbonyl (C=O) groups excluding carboxylic acids is 1. The van der Waals surface area contributed by atoms with Gasteiger partial charge in [0.1, 0.15) is 0 Å². The van der Waals surface area contributed by atoms with E-state index in [0.717, 1.165) is 19.4 Å². The average Bonchev–Trinajstić information content (AvgIpc) is 1.96. The third kappa shape index (κ3) is 9.43. The van der Waals surface area contributed by atoms with E-state index in [1.807, 2.05) is 0 Å². The predicted molar refractivity (Wildman–Crippen MR) is 44.1 cm³/mol. The van der Waals surface area contributed by atoms with Gasteiger partial charge in [0.05, 0.1) is 6.61 Å². The van der Waals surface area contributed by atoms with Crippen LogP contribution in [0.5, 0.6) is 0 Å². The molecule has 0 aliphatic heterocycles. The van der Waals surface area contributed by atoms with E-state index in [4.69, 9.17) is 4.74 Å². The van der Waals surface area contributed by atoms with Crippen LogP contribution in [0.3, 0.4) is 0 Å². The van der Waals surface area contributed by atoms with Crippen LogP contribution in [0.2, 0.25) is 0 Å². The highest BCUT2D eigenvalue weighted by atomic mass is 16.5. The lowest BCUT2D eigenvalue weighted by molar-refractivity contribution is -0.119. The normalized spacial score (nSPS) is 9.64. The molecule has 0 spiro atoms. The second kappa shape index (κ2) is 7.54. The SMILES string of the molecule is [CH2]CCCOCCNC(C)=O. The molecule has 11 heavy (non-hydrogen) atoms. The molecular weight excluding hydrogens is 142 g/mol. The topological polar surface area (TPSA) is 38.3 Å². The Morgan fingerprint density at radius 1 is 1.55 bits per heavy atom. The number of carbonyl (C=O) groups is 1. The number of nitrogens with one attached hydrogen (secondary N) is 1. The molecule has 0 aliphatic rings. The van der Waals surface area contributed by atoms with Crippen LogP contribution in [0.25, 0.3) is 0 Å². The molecular formula is C8H16NO2. The second-order valence-electron chi connectivity index (χ2n) is 2.30. The molecule has 65 valence electrons. The molecule has 3 heteroatoms. The van der Waals surface area contributed by atoms with Crippen molar-refractivity contribution in [2.75, 3.05) is 19.8 Å². The fourth-order valence-electron chi connectivity index (χ4n) is 0.605. The molecule has 0 saturated heterocycles. The van der Waals surface area contributed by atoms with Crippen molar-refractivity contribution in [3.8, 4) is 0 Å². The molecule has 1 amide bonds. The summed E-state index contributed by atoms with van der Waals surface area (Å²) in [5, 5.41) is 2.64. The zero-order chi connectivity index (χ0) is 8.53. The average molecular weight is 158 g/mol. The van der Waals surface area contributed by atoms with Crippen molar-refractivity contribution in [3.05, 3.63) is 6.92 Å². The molecule has 0 aromatic heterocycles. The van der Waals surface area contributed by atoms with Crippen LogP contribution in [0.1, 0.15) is 19.8 Å². The van der Waals surface area contributed by atoms with Crippen LogP contribution in [-0.2, 0) is 9.53 Å². The maximum absolute atomic E-state index is 10.4. The Bertz CT molecular complexity index is 104. The van der Waals surface area contributed by atoms with Crippen molar-refractivity contribution in [1.29, 1.82) is 0 Å². The minimum atomic E-state index is -0.00856. The first-order valence-electron chi connectivity index (χ1n) is 3.89. The zero-order valence-corrected chi connectivity index (χ0v) is 7.06. The highest BCUT2D eigenvalue weighted by Gasteiger charge is 1.89. The van der Waals surface area contributed by atoms with Gasteiger partial charge in [-0.25, -0.2) is 0 Å². The summed E-state index contributed by atoms with van der Waals surface area (Å²) in [4.78, 5) is 10.4. The van der Waals surface area contributed by atoms with Gasteiger partial charge >= 0.3 is 0 Å². The van der Waals surface area contributed by atoms with Crippen LogP contribution < -0.4 is 5.32 Å². The molecule has 0 heterocycles. The molecule has 3 nitrogen and oxygen atoms in total. The molecule has 0 saturated carbocycles. The Labute approximate surface area is 68.1 Å². The van der Waals surface area contributed by atoms with Gasteiger partial charge in [-0.05, 0) is 6.42 Å². The molecule has 0 unspecified atom stereocenters. The third-order valence-corrected chi connectivity index (χ3v) is 1.16. The predicted octanol–water partition coefficient (Wildman–Crippen LogP) is 0.753. The van der Waals surface area contributed by atoms with Gasteiger partial charge in [0.2, 0.25) is 5.91 Å². The molecule has 1 radical (unpaired) electrons. The van der Waals surface area contributed by atoms with Crippen LogP contribution in [-0.4, -0.2) is 25.7 Å². The van der Waals surface area contributed by atoms with E-state index in [0.29, 0.717) is 13.2 Å². The Kier molecular flexibility index (Phi) is 7.15. The number of unbranched alkanes of at least 4 members (excludes halogenated alkanes) is 1. The second-order valence-corrected chi connectivity index (χ2v) is 2.30. The smallest absolute Gasteiger partial charge is 0.216 e. The molecule has 0 aliphatic carbocycles. The van der Waals surface area contributed by atoms with E-state index in [2.05, 4.69) is 12.2 Å². The summed E-state index contributed by atoms with van der Waals surface area (Å²) in [7, 11) is 0. The number of amides is 1. The fourth-order valence-corrected chi connectivity index (χ4v) is 0.605. The molecule has 0 bridgehead atoms. The van der Waals surface area contributed by atoms with Crippen LogP contribution in [0.4, 0.5) is 0 Å². The fraction of sp³-hybridized carbons (Fsp3) is 0.750. The first kappa shape index (κ1) is 10.4. The van der Waals surface area contributed by atoms with Gasteiger partial charge < -0.3 is 10.1 Å². The highest BCUT2D eigenvalue weighted by Crippen LogP contribution is 1.85. The summed E-state index contributed by atoms with van der Waals surface area (Å²) in [6, 6.07) is 0. The molecule has 0 aromatic rings. The van der Waals surface area contributed by atoms with Crippen molar-refractivity contribution >= 4 is 5.91 Å². The van der Waals surface area contributed by atoms with Gasteiger partial charge in [-0.15, -0.1) is 0 Å². The maximum atomic E-state index is 10.4. The van der Waals surface area contributed by atoms with Crippen LogP contribution >= 0.6 is 0 Å². The van der Waals surface area contributed by atoms with Crippen molar-refractivity contribution in [3.63, 3.8) is 0 Å². The maximum Gasteiger partial charge on any atom is 0.216 e. The lowest BCUT2D eigenvalue weighted by atomic mass is 10.4. The Hall–Kier alpha value is -0.570. The standard InChI is InChI=1S/C8H16NO2/c1-3-4-6-11-7-5-9-8(2)10/h1,3-7H2,2H3,(H,9,10). The van der Waals surface area contributed by atoms with Gasteiger partial charge in [0.15, 0.2) is 0 Å². The minimum Gasteiger partial charge on any atom is -0.380 e. The number of rotatable bonds is 6. The summed E-state index contributed by atoms with van der Waals surface area (Å²) in [5.74, 6) is -0.00856. The molecule has 0 atom stereocenters. The zero-order valence-electron chi connectivity index (χ0n) is 7.06. The molecule has 1 N–H and O–H groups in total. The molecule has 0 fully saturated rings. The first-order chi connectivity index (χ1) is 5.27. The van der Waals surface area contributed by atoms with E-state index in [-0.39, 0.29) is 5.91 Å². The lowest BCUT2D eigenvalue weighted by Crippen LogP contribution is -2.24. The molecule has 0 rings (SSSR count). The minimum absolute atomic E-state index is 0.00856. The Balaban J connectivity index is 2.85. The summed E-state index contributed by atoms with van der Waals surface area (Å²) in [6.45, 7) is 7.12. The van der Waals surface area contributed by atoms with Crippen molar-refractivity contribution in [2.24, 2.45) is 0 Å². The van der Waals surface area contributed by atoms with Gasteiger partial charge in [-0.2, -0.15) is 0 Å². The Morgan fingerprint density at radius 3 is 2.82 bits per heavy atom. The van der Waals surface area contributed by atoms with E-state index in [1.165, 1.54) is 6.92 Å². The van der Waals surface area contributed by atoms with E-state index in [1.54, 1.807) is 0 Å². The summed E-state index contributed by atoms with van der Waals surface area (Å²) >= 11 is 0. The van der Waals surface area contributed by atoms with Crippen molar-refractivity contribution in [1.82, 2.24) is 5.32 Å². The largest absolute Gasteiger partial charge is 0.380 e. The van der Waals surface area contributed by atoms with Gasteiger partial charge in [0, 0.05) is 20.1 Å². The monoisotopic (exact) mass is 158 g/mol. The number of hydrogen-bond acceptors (Lipinski definition) is 2. The van der Waals surface area contributed by atoms with Gasteiger partial charge in [-0.3, -0.25) is 4.79 Å². The summed E-state index contributed by atoms with van der Waals surface area (Å²) < 4.78 is 5.17. The number of hydrogen-bond donors (Lipinski definition) is 1. The summed E-state index contributed by atoms with van der Waals surface area (Å²) in [5.41, 5.74) is 0. The summed E-state index contributed by atoms with van der Waals surface area (Å²) in [6.07, 6.45) is 1.89. The number of ether oxygens (including phenoxy) is 1. The van der Waals surface area contributed by atoms with Crippen molar-refractivity contribution in [2.45, 2.75) is 19.8 Å². The highest BCUT2D eigenvalue weighted by molar-refractivity contribution is 5.72. The first-order valence-corrected chi connectivity index (χ1v) is 3.89. The van der Waals surface area contributed by atoms with Gasteiger partial charge in [0.25, 0.3) is 0 Å². The van der Waals surface area contributed by atoms with E-state index >= 15 is 0 Å². The van der Waals surface area contributed by atoms with Crippen molar-refractivity contribution < 1.29 is 9.53 Å². The van der Waals surface area contributed by atoms with E-state index < -0.39 is 0 Å². The lowest BCUT2D eigenvalue weighted by Gasteiger charge is -2.02. The van der Waals surface area contributed by atoms with E-state index in [9.17, 15) is 4.79 Å². The van der Waals surface area contributed by atoms with Crippen LogP contribution in [0.15, 0.2) is 0 Å². The third-order valence-electron chi connectivity index (χ3n) is 1.16. The van der Waals surface area contributed by atoms with Gasteiger partial charge in [-0.1, -0.05) is 13.3 Å². The Morgan fingerprint density at radius 2 is 2.27 bits per heavy atom. The molecule has 0 aromatic carbocycles.